The Morgan fingerprint density at radius 3 is 2.50 bits per heavy atom. The zero-order chi connectivity index (χ0) is 19.5. The van der Waals surface area contributed by atoms with Gasteiger partial charge in [0, 0.05) is 26.7 Å². The van der Waals surface area contributed by atoms with Gasteiger partial charge >= 0.3 is 0 Å². The third-order valence-corrected chi connectivity index (χ3v) is 5.56. The quantitative estimate of drug-likeness (QED) is 0.582. The standard InChI is InChI=1S/C16H18FN3O5S/c1-18-14-6-5-12(9-15(14)20(21)22)26(23,24)19(2)10-11-4-7-16(25-3)13(17)8-11/h4-9,18H,10H2,1-3H3. The molecule has 0 heterocycles. The highest BCUT2D eigenvalue weighted by atomic mass is 32.2. The second kappa shape index (κ2) is 7.67. The predicted molar refractivity (Wildman–Crippen MR) is 94.2 cm³/mol. The molecule has 10 heteroatoms. The molecule has 0 bridgehead atoms. The molecule has 0 aliphatic heterocycles. The number of nitrogens with one attached hydrogen (secondary N) is 1. The molecule has 0 spiro atoms. The van der Waals surface area contributed by atoms with E-state index in [1.54, 1.807) is 6.07 Å². The summed E-state index contributed by atoms with van der Waals surface area (Å²) in [5.41, 5.74) is 0.266. The van der Waals surface area contributed by atoms with E-state index in [0.717, 1.165) is 10.4 Å². The number of nitro benzene ring substituents is 1. The minimum Gasteiger partial charge on any atom is -0.494 e. The van der Waals surface area contributed by atoms with Crippen LogP contribution in [0.3, 0.4) is 0 Å². The number of methoxy groups -OCH3 is 1. The van der Waals surface area contributed by atoms with Crippen molar-refractivity contribution in [1.29, 1.82) is 0 Å². The summed E-state index contributed by atoms with van der Waals surface area (Å²) in [6, 6.07) is 7.72. The second-order valence-corrected chi connectivity index (χ2v) is 7.46. The maximum absolute atomic E-state index is 13.8. The molecule has 140 valence electrons. The van der Waals surface area contributed by atoms with E-state index in [1.807, 2.05) is 0 Å². The number of hydrogen-bond acceptors (Lipinski definition) is 6. The third-order valence-electron chi connectivity index (χ3n) is 3.76. The molecular weight excluding hydrogens is 365 g/mol. The van der Waals surface area contributed by atoms with Crippen molar-refractivity contribution in [3.05, 3.63) is 57.9 Å². The lowest BCUT2D eigenvalue weighted by Gasteiger charge is -2.18. The van der Waals surface area contributed by atoms with Gasteiger partial charge in [0.25, 0.3) is 5.69 Å². The molecular formula is C16H18FN3O5S. The molecule has 0 amide bonds. The fraction of sp³-hybridized carbons (Fsp3) is 0.250. The fourth-order valence-electron chi connectivity index (χ4n) is 2.36. The molecule has 1 N–H and O–H groups in total. The van der Waals surface area contributed by atoms with Crippen molar-refractivity contribution in [3.8, 4) is 5.75 Å². The van der Waals surface area contributed by atoms with Crippen LogP contribution in [0, 0.1) is 15.9 Å². The molecule has 0 unspecified atom stereocenters. The molecule has 0 radical (unpaired) electrons. The number of nitro groups is 1. The van der Waals surface area contributed by atoms with Crippen LogP contribution in [0.5, 0.6) is 5.75 Å². The molecule has 0 aromatic heterocycles. The maximum Gasteiger partial charge on any atom is 0.293 e. The molecule has 0 saturated carbocycles. The largest absolute Gasteiger partial charge is 0.494 e. The van der Waals surface area contributed by atoms with E-state index in [-0.39, 0.29) is 28.6 Å². The van der Waals surface area contributed by atoms with Gasteiger partial charge in [-0.05, 0) is 29.8 Å². The third kappa shape index (κ3) is 3.92. The van der Waals surface area contributed by atoms with Gasteiger partial charge in [-0.2, -0.15) is 4.31 Å². The Labute approximate surface area is 150 Å². The number of hydrogen-bond donors (Lipinski definition) is 1. The van der Waals surface area contributed by atoms with Gasteiger partial charge in [0.2, 0.25) is 10.0 Å². The molecule has 2 aromatic carbocycles. The van der Waals surface area contributed by atoms with E-state index in [9.17, 15) is 22.9 Å². The SMILES string of the molecule is CNc1ccc(S(=O)(=O)N(C)Cc2ccc(OC)c(F)c2)cc1[N+](=O)[O-]. The molecule has 26 heavy (non-hydrogen) atoms. The van der Waals surface area contributed by atoms with Gasteiger partial charge in [-0.1, -0.05) is 6.07 Å². The lowest BCUT2D eigenvalue weighted by molar-refractivity contribution is -0.384. The summed E-state index contributed by atoms with van der Waals surface area (Å²) in [6.07, 6.45) is 0. The Balaban J connectivity index is 2.33. The van der Waals surface area contributed by atoms with Crippen LogP contribution in [0.1, 0.15) is 5.56 Å². The molecule has 0 atom stereocenters. The molecule has 0 fully saturated rings. The Morgan fingerprint density at radius 2 is 1.96 bits per heavy atom. The molecule has 2 aromatic rings. The summed E-state index contributed by atoms with van der Waals surface area (Å²) in [7, 11) is 0.146. The average molecular weight is 383 g/mol. The maximum atomic E-state index is 13.8. The van der Waals surface area contributed by atoms with E-state index >= 15 is 0 Å². The number of benzene rings is 2. The minimum absolute atomic E-state index is 0.0533. The van der Waals surface area contributed by atoms with Crippen LogP contribution in [-0.4, -0.2) is 38.9 Å². The van der Waals surface area contributed by atoms with Gasteiger partial charge in [0.15, 0.2) is 11.6 Å². The number of rotatable bonds is 7. The number of nitrogens with zero attached hydrogens (tertiary/aromatic N) is 2. The van der Waals surface area contributed by atoms with Crippen LogP contribution in [0.25, 0.3) is 0 Å². The summed E-state index contributed by atoms with van der Waals surface area (Å²) in [4.78, 5) is 10.2. The summed E-state index contributed by atoms with van der Waals surface area (Å²) < 4.78 is 45.0. The molecule has 0 aliphatic carbocycles. The van der Waals surface area contributed by atoms with Gasteiger partial charge in [-0.3, -0.25) is 10.1 Å². The topological polar surface area (TPSA) is 102 Å². The highest BCUT2D eigenvalue weighted by Gasteiger charge is 2.25. The van der Waals surface area contributed by atoms with E-state index in [4.69, 9.17) is 4.74 Å². The highest BCUT2D eigenvalue weighted by Crippen LogP contribution is 2.29. The van der Waals surface area contributed by atoms with Crippen molar-refractivity contribution in [2.75, 3.05) is 26.5 Å². The smallest absolute Gasteiger partial charge is 0.293 e. The van der Waals surface area contributed by atoms with Crippen molar-refractivity contribution >= 4 is 21.4 Å². The lowest BCUT2D eigenvalue weighted by atomic mass is 10.2. The van der Waals surface area contributed by atoms with Gasteiger partial charge in [0.05, 0.1) is 16.9 Å². The average Bonchev–Trinajstić information content (AvgIpc) is 2.61. The van der Waals surface area contributed by atoms with Crippen molar-refractivity contribution < 1.29 is 22.5 Å². The first-order valence-electron chi connectivity index (χ1n) is 7.45. The van der Waals surface area contributed by atoms with E-state index in [0.29, 0.717) is 5.56 Å². The number of halogens is 1. The first-order chi connectivity index (χ1) is 12.2. The Kier molecular flexibility index (Phi) is 5.78. The van der Waals surface area contributed by atoms with Gasteiger partial charge in [-0.25, -0.2) is 12.8 Å². The normalized spacial score (nSPS) is 11.4. The van der Waals surface area contributed by atoms with E-state index in [2.05, 4.69) is 5.32 Å². The van der Waals surface area contributed by atoms with Crippen molar-refractivity contribution in [2.45, 2.75) is 11.4 Å². The molecule has 0 saturated heterocycles. The summed E-state index contributed by atoms with van der Waals surface area (Å²) >= 11 is 0. The van der Waals surface area contributed by atoms with Crippen molar-refractivity contribution in [3.63, 3.8) is 0 Å². The number of anilines is 1. The van der Waals surface area contributed by atoms with Crippen LogP contribution in [0.4, 0.5) is 15.8 Å². The predicted octanol–water partition coefficient (Wildman–Crippen LogP) is 2.60. The summed E-state index contributed by atoms with van der Waals surface area (Å²) in [5, 5.41) is 13.8. The summed E-state index contributed by atoms with van der Waals surface area (Å²) in [5.74, 6) is -0.553. The van der Waals surface area contributed by atoms with Gasteiger partial charge < -0.3 is 10.1 Å². The van der Waals surface area contributed by atoms with Gasteiger partial charge in [-0.15, -0.1) is 0 Å². The molecule has 8 nitrogen and oxygen atoms in total. The van der Waals surface area contributed by atoms with Crippen LogP contribution >= 0.6 is 0 Å². The zero-order valence-electron chi connectivity index (χ0n) is 14.4. The fourth-order valence-corrected chi connectivity index (χ4v) is 3.54. The molecule has 2 rings (SSSR count). The van der Waals surface area contributed by atoms with E-state index < -0.39 is 20.8 Å². The van der Waals surface area contributed by atoms with Crippen LogP contribution in [0.2, 0.25) is 0 Å². The highest BCUT2D eigenvalue weighted by molar-refractivity contribution is 7.89. The number of sulfonamides is 1. The van der Waals surface area contributed by atoms with Crippen LogP contribution < -0.4 is 10.1 Å². The molecule has 0 aliphatic rings. The van der Waals surface area contributed by atoms with Gasteiger partial charge in [0.1, 0.15) is 5.69 Å². The summed E-state index contributed by atoms with van der Waals surface area (Å²) in [6.45, 7) is -0.106. The minimum atomic E-state index is -4.00. The zero-order valence-corrected chi connectivity index (χ0v) is 15.2. The Hall–Kier alpha value is -2.72. The lowest BCUT2D eigenvalue weighted by Crippen LogP contribution is -2.26. The second-order valence-electron chi connectivity index (χ2n) is 5.42. The van der Waals surface area contributed by atoms with Crippen molar-refractivity contribution in [1.82, 2.24) is 4.31 Å². The van der Waals surface area contributed by atoms with Crippen molar-refractivity contribution in [2.24, 2.45) is 0 Å². The monoisotopic (exact) mass is 383 g/mol. The first kappa shape index (κ1) is 19.6. The van der Waals surface area contributed by atoms with Crippen LogP contribution in [-0.2, 0) is 16.6 Å². The van der Waals surface area contributed by atoms with E-state index in [1.165, 1.54) is 45.5 Å². The number of ether oxygens (including phenoxy) is 1. The Morgan fingerprint density at radius 1 is 1.27 bits per heavy atom. The Bertz CT molecular complexity index is 933. The first-order valence-corrected chi connectivity index (χ1v) is 8.89. The van der Waals surface area contributed by atoms with Crippen LogP contribution in [0.15, 0.2) is 41.3 Å².